The fourth-order valence-corrected chi connectivity index (χ4v) is 3.54. The first kappa shape index (κ1) is 16.8. The Hall–Kier alpha value is -2.08. The van der Waals surface area contributed by atoms with Crippen molar-refractivity contribution >= 4 is 12.1 Å². The van der Waals surface area contributed by atoms with Gasteiger partial charge < -0.3 is 19.5 Å². The number of likely N-dealkylation sites (tertiary alicyclic amines) is 1. The van der Waals surface area contributed by atoms with Gasteiger partial charge in [0.05, 0.1) is 19.1 Å². The summed E-state index contributed by atoms with van der Waals surface area (Å²) in [5.74, 6) is -0.820. The van der Waals surface area contributed by atoms with Crippen molar-refractivity contribution < 1.29 is 24.2 Å². The van der Waals surface area contributed by atoms with Gasteiger partial charge in [0.25, 0.3) is 0 Å². The molecule has 3 rings (SSSR count). The number of amides is 1. The summed E-state index contributed by atoms with van der Waals surface area (Å²) in [4.78, 5) is 24.7. The number of hydrogen-bond acceptors (Lipinski definition) is 4. The summed E-state index contributed by atoms with van der Waals surface area (Å²) in [6, 6.07) is 9.62. The zero-order valence-electron chi connectivity index (χ0n) is 13.6. The summed E-state index contributed by atoms with van der Waals surface area (Å²) in [7, 11) is 0. The smallest absolute Gasteiger partial charge is 0.410 e. The third kappa shape index (κ3) is 4.06. The molecule has 1 aromatic carbocycles. The van der Waals surface area contributed by atoms with Gasteiger partial charge in [0.2, 0.25) is 0 Å². The lowest BCUT2D eigenvalue weighted by Crippen LogP contribution is -2.43. The number of carboxylic acid groups (broad SMARTS) is 1. The van der Waals surface area contributed by atoms with Gasteiger partial charge in [-0.25, -0.2) is 4.79 Å². The summed E-state index contributed by atoms with van der Waals surface area (Å²) in [5.41, 5.74) is 0.996. The minimum absolute atomic E-state index is 0.0241. The van der Waals surface area contributed by atoms with Crippen molar-refractivity contribution in [3.8, 4) is 0 Å². The molecule has 0 aliphatic carbocycles. The molecule has 0 saturated carbocycles. The van der Waals surface area contributed by atoms with Gasteiger partial charge in [-0.15, -0.1) is 0 Å². The molecule has 6 heteroatoms. The van der Waals surface area contributed by atoms with Gasteiger partial charge in [-0.05, 0) is 30.2 Å². The van der Waals surface area contributed by atoms with E-state index in [2.05, 4.69) is 0 Å². The molecule has 1 amide bonds. The maximum atomic E-state index is 12.2. The molecule has 24 heavy (non-hydrogen) atoms. The Morgan fingerprint density at radius 1 is 1.25 bits per heavy atom. The van der Waals surface area contributed by atoms with Crippen LogP contribution in [0, 0.1) is 5.41 Å². The minimum Gasteiger partial charge on any atom is -0.481 e. The molecule has 2 saturated heterocycles. The molecule has 2 heterocycles. The van der Waals surface area contributed by atoms with E-state index in [-0.39, 0.29) is 30.6 Å². The van der Waals surface area contributed by atoms with Crippen LogP contribution in [-0.4, -0.2) is 47.9 Å². The summed E-state index contributed by atoms with van der Waals surface area (Å²) < 4.78 is 11.0. The van der Waals surface area contributed by atoms with E-state index >= 15 is 0 Å². The van der Waals surface area contributed by atoms with Crippen LogP contribution >= 0.6 is 0 Å². The number of carboxylic acids is 1. The Balaban J connectivity index is 1.45. The molecule has 1 N–H and O–H groups in total. The van der Waals surface area contributed by atoms with Crippen molar-refractivity contribution in [1.82, 2.24) is 4.90 Å². The van der Waals surface area contributed by atoms with E-state index in [1.807, 2.05) is 30.3 Å². The van der Waals surface area contributed by atoms with Crippen LogP contribution in [0.15, 0.2) is 30.3 Å². The minimum atomic E-state index is -0.820. The first-order chi connectivity index (χ1) is 11.6. The lowest BCUT2D eigenvalue weighted by molar-refractivity contribution is -0.139. The van der Waals surface area contributed by atoms with Gasteiger partial charge in [0, 0.05) is 13.1 Å². The zero-order chi connectivity index (χ0) is 17.0. The van der Waals surface area contributed by atoms with Crippen LogP contribution in [0.1, 0.15) is 31.2 Å². The molecule has 6 nitrogen and oxygen atoms in total. The number of hydrogen-bond donors (Lipinski definition) is 1. The van der Waals surface area contributed by atoms with E-state index < -0.39 is 5.97 Å². The van der Waals surface area contributed by atoms with Gasteiger partial charge >= 0.3 is 12.1 Å². The van der Waals surface area contributed by atoms with Crippen molar-refractivity contribution in [2.75, 3.05) is 19.7 Å². The summed E-state index contributed by atoms with van der Waals surface area (Å²) in [6.45, 7) is 2.15. The van der Waals surface area contributed by atoms with Gasteiger partial charge in [-0.1, -0.05) is 30.3 Å². The maximum absolute atomic E-state index is 12.2. The van der Waals surface area contributed by atoms with Crippen molar-refractivity contribution in [2.45, 2.75) is 38.4 Å². The van der Waals surface area contributed by atoms with E-state index in [1.54, 1.807) is 4.90 Å². The van der Waals surface area contributed by atoms with Crippen LogP contribution in [0.5, 0.6) is 0 Å². The Kier molecular flexibility index (Phi) is 5.04. The molecule has 2 aliphatic rings. The molecule has 1 aromatic rings. The molecular formula is C18H23NO5. The van der Waals surface area contributed by atoms with E-state index in [4.69, 9.17) is 14.6 Å². The van der Waals surface area contributed by atoms with E-state index in [0.29, 0.717) is 19.7 Å². The number of ether oxygens (including phenoxy) is 2. The fraction of sp³-hybridized carbons (Fsp3) is 0.556. The van der Waals surface area contributed by atoms with Crippen LogP contribution in [0.3, 0.4) is 0 Å². The topological polar surface area (TPSA) is 76.1 Å². The van der Waals surface area contributed by atoms with Gasteiger partial charge in [-0.3, -0.25) is 4.79 Å². The number of benzene rings is 1. The Bertz CT molecular complexity index is 580. The predicted molar refractivity (Wildman–Crippen MR) is 86.5 cm³/mol. The van der Waals surface area contributed by atoms with Crippen molar-refractivity contribution in [3.05, 3.63) is 35.9 Å². The van der Waals surface area contributed by atoms with E-state index in [9.17, 15) is 9.59 Å². The summed E-state index contributed by atoms with van der Waals surface area (Å²) in [6.07, 6.45) is 2.03. The van der Waals surface area contributed by atoms with Crippen LogP contribution < -0.4 is 0 Å². The highest BCUT2D eigenvalue weighted by atomic mass is 16.6. The van der Waals surface area contributed by atoms with Gasteiger partial charge in [0.15, 0.2) is 0 Å². The SMILES string of the molecule is O=C(O)CC1CC2(CCN(C(=O)OCc3ccccc3)CC2)CO1. The van der Waals surface area contributed by atoms with Crippen LogP contribution in [0.4, 0.5) is 4.79 Å². The van der Waals surface area contributed by atoms with Crippen molar-refractivity contribution in [3.63, 3.8) is 0 Å². The van der Waals surface area contributed by atoms with Gasteiger partial charge in [0.1, 0.15) is 6.61 Å². The number of aliphatic carboxylic acids is 1. The molecule has 2 fully saturated rings. The molecule has 130 valence electrons. The molecule has 0 radical (unpaired) electrons. The van der Waals surface area contributed by atoms with Crippen molar-refractivity contribution in [1.29, 1.82) is 0 Å². The van der Waals surface area contributed by atoms with E-state index in [0.717, 1.165) is 24.8 Å². The largest absolute Gasteiger partial charge is 0.481 e. The number of carbonyl (C=O) groups excluding carboxylic acids is 1. The third-order valence-corrected chi connectivity index (χ3v) is 4.98. The molecule has 1 spiro atoms. The molecule has 2 aliphatic heterocycles. The standard InChI is InChI=1S/C18H23NO5/c20-16(21)10-15-11-18(13-24-15)6-8-19(9-7-18)17(22)23-12-14-4-2-1-3-5-14/h1-5,15H,6-13H2,(H,20,21). The zero-order valence-corrected chi connectivity index (χ0v) is 13.6. The number of rotatable bonds is 4. The average Bonchev–Trinajstić information content (AvgIpc) is 2.96. The summed E-state index contributed by atoms with van der Waals surface area (Å²) >= 11 is 0. The molecule has 1 atom stereocenters. The summed E-state index contributed by atoms with van der Waals surface area (Å²) in [5, 5.41) is 8.88. The van der Waals surface area contributed by atoms with Crippen LogP contribution in [0.2, 0.25) is 0 Å². The quantitative estimate of drug-likeness (QED) is 0.917. The second-order valence-corrected chi connectivity index (χ2v) is 6.76. The Morgan fingerprint density at radius 3 is 2.62 bits per heavy atom. The van der Waals surface area contributed by atoms with Crippen LogP contribution in [0.25, 0.3) is 0 Å². The molecule has 0 bridgehead atoms. The first-order valence-corrected chi connectivity index (χ1v) is 8.35. The highest BCUT2D eigenvalue weighted by molar-refractivity contribution is 5.68. The molecular weight excluding hydrogens is 310 g/mol. The Morgan fingerprint density at radius 2 is 1.96 bits per heavy atom. The van der Waals surface area contributed by atoms with Gasteiger partial charge in [-0.2, -0.15) is 0 Å². The second kappa shape index (κ2) is 7.21. The normalized spacial score (nSPS) is 22.5. The predicted octanol–water partition coefficient (Wildman–Crippen LogP) is 2.67. The molecule has 1 unspecified atom stereocenters. The fourth-order valence-electron chi connectivity index (χ4n) is 3.54. The average molecular weight is 333 g/mol. The van der Waals surface area contributed by atoms with Crippen LogP contribution in [-0.2, 0) is 20.9 Å². The number of nitrogens with zero attached hydrogens (tertiary/aromatic N) is 1. The number of carbonyl (C=O) groups is 2. The van der Waals surface area contributed by atoms with E-state index in [1.165, 1.54) is 0 Å². The maximum Gasteiger partial charge on any atom is 0.410 e. The monoisotopic (exact) mass is 333 g/mol. The van der Waals surface area contributed by atoms with Crippen molar-refractivity contribution in [2.24, 2.45) is 5.41 Å². The number of piperidine rings is 1. The Labute approximate surface area is 141 Å². The molecule has 0 aromatic heterocycles. The lowest BCUT2D eigenvalue weighted by Gasteiger charge is -2.37. The highest BCUT2D eigenvalue weighted by Gasteiger charge is 2.43. The third-order valence-electron chi connectivity index (χ3n) is 4.98. The second-order valence-electron chi connectivity index (χ2n) is 6.76. The highest BCUT2D eigenvalue weighted by Crippen LogP contribution is 2.42. The first-order valence-electron chi connectivity index (χ1n) is 8.35. The lowest BCUT2D eigenvalue weighted by atomic mass is 9.76.